The fourth-order valence-corrected chi connectivity index (χ4v) is 4.93. The van der Waals surface area contributed by atoms with Crippen LogP contribution in [0.3, 0.4) is 0 Å². The molecule has 0 bridgehead atoms. The van der Waals surface area contributed by atoms with Crippen LogP contribution in [-0.4, -0.2) is 27.7 Å². The van der Waals surface area contributed by atoms with Crippen molar-refractivity contribution >= 4 is 33.0 Å². The monoisotopic (exact) mass is 439 g/mol. The molecule has 1 aliphatic heterocycles. The molecule has 0 fully saturated rings. The topological polar surface area (TPSA) is 48.7 Å². The number of para-hydroxylation sites is 2. The maximum atomic E-state index is 14.6. The van der Waals surface area contributed by atoms with Crippen LogP contribution in [0, 0.1) is 0 Å². The molecular formula is C23H16F3N3OS. The van der Waals surface area contributed by atoms with Gasteiger partial charge in [-0.05, 0) is 29.8 Å². The molecule has 2 heterocycles. The zero-order chi connectivity index (χ0) is 21.6. The largest absolute Gasteiger partial charge is 0.439 e. The van der Waals surface area contributed by atoms with Crippen molar-refractivity contribution in [3.8, 4) is 0 Å². The van der Waals surface area contributed by atoms with E-state index >= 15 is 0 Å². The van der Waals surface area contributed by atoms with Crippen LogP contribution in [0.2, 0.25) is 0 Å². The highest BCUT2D eigenvalue weighted by Gasteiger charge is 2.68. The number of aliphatic hydroxyl groups is 1. The number of alkyl halides is 3. The molecule has 0 aliphatic carbocycles. The summed E-state index contributed by atoms with van der Waals surface area (Å²) >= 11 is 1.13. The van der Waals surface area contributed by atoms with Gasteiger partial charge >= 0.3 is 6.18 Å². The highest BCUT2D eigenvalue weighted by molar-refractivity contribution is 7.18. The van der Waals surface area contributed by atoms with E-state index in [4.69, 9.17) is 0 Å². The molecule has 156 valence electrons. The van der Waals surface area contributed by atoms with E-state index in [0.717, 1.165) is 16.0 Å². The van der Waals surface area contributed by atoms with E-state index in [0.29, 0.717) is 16.1 Å². The molecule has 3 aromatic carbocycles. The summed E-state index contributed by atoms with van der Waals surface area (Å²) in [5.41, 5.74) is -1.97. The summed E-state index contributed by atoms with van der Waals surface area (Å²) in [6.45, 7) is 0. The van der Waals surface area contributed by atoms with E-state index in [1.165, 1.54) is 12.1 Å². The van der Waals surface area contributed by atoms with Crippen molar-refractivity contribution in [3.05, 3.63) is 95.5 Å². The molecule has 0 saturated heterocycles. The van der Waals surface area contributed by atoms with Gasteiger partial charge in [0, 0.05) is 0 Å². The lowest BCUT2D eigenvalue weighted by atomic mass is 9.87. The predicted molar refractivity (Wildman–Crippen MR) is 115 cm³/mol. The summed E-state index contributed by atoms with van der Waals surface area (Å²) in [7, 11) is 0. The summed E-state index contributed by atoms with van der Waals surface area (Å²) in [6.07, 6.45) is -5.01. The van der Waals surface area contributed by atoms with Crippen LogP contribution in [-0.2, 0) is 0 Å². The molecule has 8 heteroatoms. The first-order valence-electron chi connectivity index (χ1n) is 9.53. The third-order valence-corrected chi connectivity index (χ3v) is 6.35. The molecule has 1 aromatic heterocycles. The average Bonchev–Trinajstić information content (AvgIpc) is 3.33. The van der Waals surface area contributed by atoms with Crippen molar-refractivity contribution in [1.82, 2.24) is 4.98 Å². The number of benzene rings is 3. The molecule has 1 N–H and O–H groups in total. The SMILES string of the molecule is OC1(C(F)(F)F)C(c2nc3ccccc3s2)C(c2ccccc2)=NN1c1ccccc1. The van der Waals surface area contributed by atoms with Crippen molar-refractivity contribution in [2.75, 3.05) is 5.01 Å². The average molecular weight is 439 g/mol. The van der Waals surface area contributed by atoms with Gasteiger partial charge in [0.05, 0.1) is 21.6 Å². The van der Waals surface area contributed by atoms with Crippen molar-refractivity contribution in [2.24, 2.45) is 5.10 Å². The number of aromatic nitrogens is 1. The minimum atomic E-state index is -5.01. The minimum absolute atomic E-state index is 0.114. The van der Waals surface area contributed by atoms with E-state index in [2.05, 4.69) is 10.1 Å². The standard InChI is InChI=1S/C23H16F3N3OS/c24-23(25,26)22(30)19(21-27-17-13-7-8-14-18(17)31-21)20(15-9-3-1-4-10-15)28-29(22)16-11-5-2-6-12-16/h1-14,19,30H. The van der Waals surface area contributed by atoms with Gasteiger partial charge in [-0.1, -0.05) is 60.7 Å². The Balaban J connectivity index is 1.78. The quantitative estimate of drug-likeness (QED) is 0.455. The highest BCUT2D eigenvalue weighted by Crippen LogP contribution is 2.52. The first-order chi connectivity index (χ1) is 14.9. The van der Waals surface area contributed by atoms with Crippen LogP contribution < -0.4 is 5.01 Å². The molecular weight excluding hydrogens is 423 g/mol. The number of nitrogens with zero attached hydrogens (tertiary/aromatic N) is 3. The number of hydrogen-bond donors (Lipinski definition) is 1. The van der Waals surface area contributed by atoms with E-state index in [-0.39, 0.29) is 16.4 Å². The predicted octanol–water partition coefficient (Wildman–Crippen LogP) is 5.56. The van der Waals surface area contributed by atoms with Gasteiger partial charge in [0.15, 0.2) is 0 Å². The molecule has 2 atom stereocenters. The van der Waals surface area contributed by atoms with Gasteiger partial charge in [-0.2, -0.15) is 18.3 Å². The van der Waals surface area contributed by atoms with Gasteiger partial charge in [0.2, 0.25) is 0 Å². The van der Waals surface area contributed by atoms with Gasteiger partial charge in [-0.3, -0.25) is 0 Å². The second-order valence-electron chi connectivity index (χ2n) is 7.18. The lowest BCUT2D eigenvalue weighted by Crippen LogP contribution is -2.59. The van der Waals surface area contributed by atoms with E-state index in [1.54, 1.807) is 72.8 Å². The number of thiazole rings is 1. The highest BCUT2D eigenvalue weighted by atomic mass is 32.1. The summed E-state index contributed by atoms with van der Waals surface area (Å²) in [5.74, 6) is -1.52. The molecule has 0 saturated carbocycles. The molecule has 0 spiro atoms. The zero-order valence-electron chi connectivity index (χ0n) is 16.0. The van der Waals surface area contributed by atoms with Gasteiger partial charge in [-0.25, -0.2) is 9.99 Å². The molecule has 31 heavy (non-hydrogen) atoms. The molecule has 1 aliphatic rings. The number of halogens is 3. The van der Waals surface area contributed by atoms with Crippen LogP contribution in [0.1, 0.15) is 16.5 Å². The van der Waals surface area contributed by atoms with Gasteiger partial charge in [0.1, 0.15) is 10.9 Å². The Labute approximate surface area is 179 Å². The van der Waals surface area contributed by atoms with Crippen molar-refractivity contribution in [3.63, 3.8) is 0 Å². The normalized spacial score (nSPS) is 21.5. The lowest BCUT2D eigenvalue weighted by Gasteiger charge is -2.37. The minimum Gasteiger partial charge on any atom is -0.361 e. The van der Waals surface area contributed by atoms with E-state index < -0.39 is 17.8 Å². The fourth-order valence-electron chi connectivity index (χ4n) is 3.80. The molecule has 4 aromatic rings. The lowest BCUT2D eigenvalue weighted by molar-refractivity contribution is -0.259. The molecule has 0 radical (unpaired) electrons. The maximum absolute atomic E-state index is 14.6. The Bertz CT molecular complexity index is 1220. The Morgan fingerprint density at radius 2 is 1.48 bits per heavy atom. The third-order valence-electron chi connectivity index (χ3n) is 5.25. The summed E-state index contributed by atoms with van der Waals surface area (Å²) < 4.78 is 44.5. The second-order valence-corrected chi connectivity index (χ2v) is 8.24. The summed E-state index contributed by atoms with van der Waals surface area (Å²) in [5, 5.41) is 16.5. The van der Waals surface area contributed by atoms with Crippen molar-refractivity contribution < 1.29 is 18.3 Å². The Morgan fingerprint density at radius 3 is 2.13 bits per heavy atom. The number of fused-ring (bicyclic) bond motifs is 1. The maximum Gasteiger partial charge on any atom is 0.439 e. The molecule has 4 nitrogen and oxygen atoms in total. The Hall–Kier alpha value is -3.23. The number of rotatable bonds is 3. The van der Waals surface area contributed by atoms with Crippen LogP contribution in [0.5, 0.6) is 0 Å². The van der Waals surface area contributed by atoms with Crippen LogP contribution in [0.15, 0.2) is 90.0 Å². The first kappa shape index (κ1) is 19.7. The second kappa shape index (κ2) is 7.18. The summed E-state index contributed by atoms with van der Waals surface area (Å²) in [6, 6.07) is 23.6. The first-order valence-corrected chi connectivity index (χ1v) is 10.3. The molecule has 0 amide bonds. The van der Waals surface area contributed by atoms with Gasteiger partial charge in [-0.15, -0.1) is 11.3 Å². The van der Waals surface area contributed by atoms with Crippen LogP contribution >= 0.6 is 11.3 Å². The number of hydrazone groups is 1. The fraction of sp³-hybridized carbons (Fsp3) is 0.130. The van der Waals surface area contributed by atoms with Crippen molar-refractivity contribution in [1.29, 1.82) is 0 Å². The van der Waals surface area contributed by atoms with Gasteiger partial charge in [0.25, 0.3) is 5.72 Å². The van der Waals surface area contributed by atoms with Crippen LogP contribution in [0.25, 0.3) is 10.2 Å². The molecule has 2 unspecified atom stereocenters. The van der Waals surface area contributed by atoms with Crippen LogP contribution in [0.4, 0.5) is 18.9 Å². The van der Waals surface area contributed by atoms with Gasteiger partial charge < -0.3 is 5.11 Å². The number of anilines is 1. The smallest absolute Gasteiger partial charge is 0.361 e. The van der Waals surface area contributed by atoms with Crippen molar-refractivity contribution in [2.45, 2.75) is 17.8 Å². The third kappa shape index (κ3) is 3.10. The molecule has 5 rings (SSSR count). The zero-order valence-corrected chi connectivity index (χ0v) is 16.8. The Morgan fingerprint density at radius 1 is 0.871 bits per heavy atom. The summed E-state index contributed by atoms with van der Waals surface area (Å²) in [4.78, 5) is 4.46. The number of hydrogen-bond acceptors (Lipinski definition) is 5. The van der Waals surface area contributed by atoms with E-state index in [9.17, 15) is 18.3 Å². The Kier molecular flexibility index (Phi) is 4.56. The van der Waals surface area contributed by atoms with E-state index in [1.807, 2.05) is 0 Å².